The zero-order valence-corrected chi connectivity index (χ0v) is 18.9. The van der Waals surface area contributed by atoms with E-state index >= 15 is 0 Å². The lowest BCUT2D eigenvalue weighted by atomic mass is 9.91. The molecule has 1 aromatic carbocycles. The van der Waals surface area contributed by atoms with Gasteiger partial charge in [-0.05, 0) is 49.8 Å². The normalized spacial score (nSPS) is 25.7. The van der Waals surface area contributed by atoms with Crippen LogP contribution in [0, 0.1) is 0 Å². The maximum atomic E-state index is 13.4. The van der Waals surface area contributed by atoms with Gasteiger partial charge in [-0.2, -0.15) is 0 Å². The second kappa shape index (κ2) is 9.60. The predicted octanol–water partition coefficient (Wildman–Crippen LogP) is 2.86. The van der Waals surface area contributed by atoms with Gasteiger partial charge in [0, 0.05) is 50.5 Å². The number of hydrogen-bond acceptors (Lipinski definition) is 5. The molecule has 164 valence electrons. The van der Waals surface area contributed by atoms with Crippen LogP contribution in [0.25, 0.3) is 0 Å². The molecule has 1 aromatic rings. The van der Waals surface area contributed by atoms with Crippen LogP contribution in [0.2, 0.25) is 0 Å². The molecule has 6 nitrogen and oxygen atoms in total. The summed E-state index contributed by atoms with van der Waals surface area (Å²) in [5, 5.41) is 0. The van der Waals surface area contributed by atoms with Crippen LogP contribution in [0.4, 0.5) is 0 Å². The molecular formula is C23H33N3O3S. The van der Waals surface area contributed by atoms with E-state index in [1.807, 2.05) is 35.4 Å². The second-order valence-electron chi connectivity index (χ2n) is 8.64. The molecule has 2 aliphatic heterocycles. The van der Waals surface area contributed by atoms with Crippen molar-refractivity contribution in [3.05, 3.63) is 24.3 Å². The number of hydrogen-bond donors (Lipinski definition) is 0. The molecule has 1 aliphatic carbocycles. The van der Waals surface area contributed by atoms with Gasteiger partial charge in [-0.15, -0.1) is 11.8 Å². The summed E-state index contributed by atoms with van der Waals surface area (Å²) < 4.78 is 6.14. The number of thioether (sulfide) groups is 1. The Balaban J connectivity index is 1.38. The third-order valence-corrected chi connectivity index (χ3v) is 7.49. The first-order chi connectivity index (χ1) is 14.5. The minimum atomic E-state index is -0.409. The number of amides is 2. The number of likely N-dealkylation sites (tertiary alicyclic amines) is 1. The van der Waals surface area contributed by atoms with Gasteiger partial charge in [-0.25, -0.2) is 0 Å². The van der Waals surface area contributed by atoms with Crippen molar-refractivity contribution in [1.82, 2.24) is 14.7 Å². The Bertz CT molecular complexity index is 753. The third kappa shape index (κ3) is 4.78. The van der Waals surface area contributed by atoms with Gasteiger partial charge in [0.1, 0.15) is 17.9 Å². The van der Waals surface area contributed by atoms with Crippen molar-refractivity contribution in [3.8, 4) is 5.75 Å². The molecule has 2 atom stereocenters. The van der Waals surface area contributed by atoms with Crippen LogP contribution < -0.4 is 4.74 Å². The van der Waals surface area contributed by atoms with Crippen LogP contribution >= 0.6 is 11.8 Å². The lowest BCUT2D eigenvalue weighted by molar-refractivity contribution is -0.142. The summed E-state index contributed by atoms with van der Waals surface area (Å²) in [5.74, 6) is 0.827. The van der Waals surface area contributed by atoms with Gasteiger partial charge in [0.25, 0.3) is 0 Å². The predicted molar refractivity (Wildman–Crippen MR) is 119 cm³/mol. The van der Waals surface area contributed by atoms with Gasteiger partial charge in [-0.1, -0.05) is 6.42 Å². The van der Waals surface area contributed by atoms with E-state index in [2.05, 4.69) is 4.90 Å². The van der Waals surface area contributed by atoms with Gasteiger partial charge in [-0.3, -0.25) is 14.5 Å². The number of nitrogens with zero attached hydrogens (tertiary/aromatic N) is 3. The Morgan fingerprint density at radius 3 is 2.43 bits per heavy atom. The molecule has 3 fully saturated rings. The largest absolute Gasteiger partial charge is 0.488 e. The lowest BCUT2D eigenvalue weighted by Gasteiger charge is -2.36. The van der Waals surface area contributed by atoms with Crippen LogP contribution in [0.5, 0.6) is 5.75 Å². The van der Waals surface area contributed by atoms with Gasteiger partial charge in [0.15, 0.2) is 0 Å². The van der Waals surface area contributed by atoms with Crippen molar-refractivity contribution in [2.24, 2.45) is 0 Å². The summed E-state index contributed by atoms with van der Waals surface area (Å²) in [6.45, 7) is 5.60. The average molecular weight is 432 g/mol. The molecule has 0 bridgehead atoms. The maximum absolute atomic E-state index is 13.4. The molecule has 0 unspecified atom stereocenters. The van der Waals surface area contributed by atoms with Crippen molar-refractivity contribution in [1.29, 1.82) is 0 Å². The first-order valence-corrected chi connectivity index (χ1v) is 12.4. The van der Waals surface area contributed by atoms with Gasteiger partial charge >= 0.3 is 0 Å². The highest BCUT2D eigenvalue weighted by atomic mass is 32.2. The fraction of sp³-hybridized carbons (Fsp3) is 0.652. The van der Waals surface area contributed by atoms with Gasteiger partial charge in [0.05, 0.1) is 6.54 Å². The van der Waals surface area contributed by atoms with Crippen LogP contribution in [-0.2, 0) is 9.59 Å². The highest BCUT2D eigenvalue weighted by Crippen LogP contribution is 2.28. The molecule has 0 radical (unpaired) electrons. The third-order valence-electron chi connectivity index (χ3n) is 6.75. The molecule has 0 aromatic heterocycles. The Kier molecular flexibility index (Phi) is 6.88. The van der Waals surface area contributed by atoms with E-state index in [4.69, 9.17) is 4.74 Å². The van der Waals surface area contributed by atoms with Crippen molar-refractivity contribution in [2.45, 2.75) is 62.1 Å². The number of rotatable bonds is 5. The van der Waals surface area contributed by atoms with E-state index in [-0.39, 0.29) is 17.9 Å². The van der Waals surface area contributed by atoms with Crippen LogP contribution in [0.1, 0.15) is 39.0 Å². The molecule has 0 N–H and O–H groups in total. The number of benzene rings is 1. The fourth-order valence-electron chi connectivity index (χ4n) is 4.80. The Hall–Kier alpha value is -1.73. The first-order valence-electron chi connectivity index (χ1n) is 11.2. The molecule has 3 aliphatic rings. The molecular weight excluding hydrogens is 398 g/mol. The Labute approximate surface area is 183 Å². The first kappa shape index (κ1) is 21.5. The smallest absolute Gasteiger partial charge is 0.245 e. The number of carbonyl (C=O) groups is 2. The average Bonchev–Trinajstić information content (AvgIpc) is 2.98. The standard InChI is InChI=1S/C23H33N3O3S/c1-17(27)26-16-20(29-19-7-9-21(30-2)10-8-19)15-22(26)23(28)25-12-4-11-24(13-14-25)18-5-3-6-18/h7-10,18,20,22H,3-6,11-16H2,1-2H3/t20-,22-/m0/s1. The zero-order chi connectivity index (χ0) is 21.1. The van der Waals surface area contributed by atoms with Crippen LogP contribution in [0.3, 0.4) is 0 Å². The van der Waals surface area contributed by atoms with Crippen LogP contribution in [-0.4, -0.2) is 83.7 Å². The van der Waals surface area contributed by atoms with Gasteiger partial charge in [0.2, 0.25) is 11.8 Å². The molecule has 2 amide bonds. The van der Waals surface area contributed by atoms with E-state index < -0.39 is 6.04 Å². The monoisotopic (exact) mass is 431 g/mol. The molecule has 2 heterocycles. The quantitative estimate of drug-likeness (QED) is 0.671. The molecule has 4 rings (SSSR count). The van der Waals surface area contributed by atoms with E-state index in [0.717, 1.165) is 44.4 Å². The SMILES string of the molecule is CSc1ccc(O[C@H]2C[C@@H](C(=O)N3CCCN(C4CCC4)CC3)N(C(C)=O)C2)cc1. The summed E-state index contributed by atoms with van der Waals surface area (Å²) >= 11 is 1.69. The van der Waals surface area contributed by atoms with Crippen molar-refractivity contribution >= 4 is 23.6 Å². The van der Waals surface area contributed by atoms with Crippen LogP contribution in [0.15, 0.2) is 29.2 Å². The maximum Gasteiger partial charge on any atom is 0.245 e. The molecule has 30 heavy (non-hydrogen) atoms. The molecule has 1 saturated carbocycles. The summed E-state index contributed by atoms with van der Waals surface area (Å²) in [5.41, 5.74) is 0. The highest BCUT2D eigenvalue weighted by molar-refractivity contribution is 7.98. The summed E-state index contributed by atoms with van der Waals surface area (Å²) in [6, 6.07) is 8.30. The minimum Gasteiger partial charge on any atom is -0.488 e. The summed E-state index contributed by atoms with van der Waals surface area (Å²) in [6.07, 6.45) is 7.39. The van der Waals surface area contributed by atoms with Gasteiger partial charge < -0.3 is 14.5 Å². The van der Waals surface area contributed by atoms with Crippen molar-refractivity contribution in [3.63, 3.8) is 0 Å². The second-order valence-corrected chi connectivity index (χ2v) is 9.52. The van der Waals surface area contributed by atoms with E-state index in [9.17, 15) is 9.59 Å². The Morgan fingerprint density at radius 2 is 1.80 bits per heavy atom. The highest BCUT2D eigenvalue weighted by Gasteiger charge is 2.41. The molecule has 2 saturated heterocycles. The van der Waals surface area contributed by atoms with E-state index in [0.29, 0.717) is 13.0 Å². The van der Waals surface area contributed by atoms with Crippen molar-refractivity contribution in [2.75, 3.05) is 39.0 Å². The Morgan fingerprint density at radius 1 is 1.03 bits per heavy atom. The van der Waals surface area contributed by atoms with E-state index in [1.54, 1.807) is 23.6 Å². The summed E-state index contributed by atoms with van der Waals surface area (Å²) in [7, 11) is 0. The number of ether oxygens (including phenoxy) is 1. The molecule has 0 spiro atoms. The topological polar surface area (TPSA) is 53.1 Å². The van der Waals surface area contributed by atoms with Crippen molar-refractivity contribution < 1.29 is 14.3 Å². The number of carbonyl (C=O) groups excluding carboxylic acids is 2. The summed E-state index contributed by atoms with van der Waals surface area (Å²) in [4.78, 5) is 33.1. The molecule has 7 heteroatoms. The lowest BCUT2D eigenvalue weighted by Crippen LogP contribution is -2.48. The fourth-order valence-corrected chi connectivity index (χ4v) is 5.21. The zero-order valence-electron chi connectivity index (χ0n) is 18.1. The minimum absolute atomic E-state index is 0.0527. The van der Waals surface area contributed by atoms with E-state index in [1.165, 1.54) is 24.2 Å².